The molecule has 2 aliphatic rings. The van der Waals surface area contributed by atoms with Crippen LogP contribution >= 0.6 is 0 Å². The van der Waals surface area contributed by atoms with E-state index in [1.54, 1.807) is 0 Å². The molecule has 5 rings (SSSR count). The number of piperidine rings is 1. The van der Waals surface area contributed by atoms with Crippen molar-refractivity contribution in [2.24, 2.45) is 0 Å². The number of nitrogens with zero attached hydrogens (tertiary/aromatic N) is 1. The van der Waals surface area contributed by atoms with Gasteiger partial charge in [0.1, 0.15) is 5.75 Å². The molecule has 0 radical (unpaired) electrons. The van der Waals surface area contributed by atoms with E-state index < -0.39 is 0 Å². The molecule has 1 saturated heterocycles. The molecule has 3 aromatic carbocycles. The van der Waals surface area contributed by atoms with Crippen molar-refractivity contribution in [2.45, 2.75) is 39.0 Å². The molecule has 0 aromatic heterocycles. The number of aryl methyl sites for hydroxylation is 1. The first-order valence-electron chi connectivity index (χ1n) is 13.3. The number of carbonyl (C=O) groups is 1. The van der Waals surface area contributed by atoms with E-state index in [9.17, 15) is 4.79 Å². The standard InChI is InChI=1S/C32H36N2O2.HI/c1-24-6-10-26(11-7-24)27-12-15-31-29(22-27)23-28(17-21-36-31)32(35)33-30-13-8-25(9-14-30)16-20-34(2)18-4-3-5-19-34;/h6-15,22-23H,3-5,16-21H2,1-2H3;1H. The normalized spacial score (nSPS) is 16.3. The lowest BCUT2D eigenvalue weighted by molar-refractivity contribution is -0.913. The van der Waals surface area contributed by atoms with Gasteiger partial charge in [0.2, 0.25) is 0 Å². The number of likely N-dealkylation sites (N-methyl/N-ethyl adjacent to an activating group) is 1. The van der Waals surface area contributed by atoms with Gasteiger partial charge in [0.15, 0.2) is 0 Å². The van der Waals surface area contributed by atoms with Gasteiger partial charge >= 0.3 is 0 Å². The molecule has 2 heterocycles. The third kappa shape index (κ3) is 7.02. The van der Waals surface area contributed by atoms with Crippen LogP contribution in [0, 0.1) is 6.92 Å². The van der Waals surface area contributed by atoms with Crippen molar-refractivity contribution in [1.82, 2.24) is 0 Å². The van der Waals surface area contributed by atoms with Crippen LogP contribution in [0.15, 0.2) is 72.3 Å². The summed E-state index contributed by atoms with van der Waals surface area (Å²) in [6.45, 7) is 6.35. The van der Waals surface area contributed by atoms with Gasteiger partial charge in [0.05, 0.1) is 33.3 Å². The molecule has 0 unspecified atom stereocenters. The van der Waals surface area contributed by atoms with Crippen LogP contribution in [0.5, 0.6) is 5.75 Å². The molecule has 0 atom stereocenters. The molecule has 5 heteroatoms. The Bertz CT molecular complexity index is 1240. The number of anilines is 1. The average Bonchev–Trinajstić information content (AvgIpc) is 3.11. The largest absolute Gasteiger partial charge is 1.00 e. The Balaban J connectivity index is 0.00000320. The Morgan fingerprint density at radius 2 is 1.62 bits per heavy atom. The second-order valence-electron chi connectivity index (χ2n) is 10.6. The predicted octanol–water partition coefficient (Wildman–Crippen LogP) is 3.64. The second-order valence-corrected chi connectivity index (χ2v) is 10.6. The summed E-state index contributed by atoms with van der Waals surface area (Å²) >= 11 is 0. The van der Waals surface area contributed by atoms with Gasteiger partial charge in [-0.25, -0.2) is 0 Å². The number of hydrogen-bond donors (Lipinski definition) is 1. The lowest BCUT2D eigenvalue weighted by atomic mass is 10.00. The Morgan fingerprint density at radius 1 is 0.919 bits per heavy atom. The highest BCUT2D eigenvalue weighted by molar-refractivity contribution is 6.07. The fourth-order valence-electron chi connectivity index (χ4n) is 5.29. The summed E-state index contributed by atoms with van der Waals surface area (Å²) in [6, 6.07) is 23.1. The van der Waals surface area contributed by atoms with Crippen molar-refractivity contribution in [3.8, 4) is 16.9 Å². The molecule has 37 heavy (non-hydrogen) atoms. The van der Waals surface area contributed by atoms with Crippen molar-refractivity contribution in [2.75, 3.05) is 38.6 Å². The van der Waals surface area contributed by atoms with E-state index in [1.165, 1.54) is 54.5 Å². The number of halogens is 1. The lowest BCUT2D eigenvalue weighted by Gasteiger charge is -2.37. The Hall–Kier alpha value is -2.64. The summed E-state index contributed by atoms with van der Waals surface area (Å²) in [5.41, 5.74) is 7.36. The van der Waals surface area contributed by atoms with Gasteiger partial charge in [-0.05, 0) is 73.2 Å². The maximum Gasteiger partial charge on any atom is 0.251 e. The zero-order valence-electron chi connectivity index (χ0n) is 21.9. The summed E-state index contributed by atoms with van der Waals surface area (Å²) in [6.07, 6.45) is 7.71. The van der Waals surface area contributed by atoms with E-state index in [0.717, 1.165) is 40.1 Å². The smallest absolute Gasteiger partial charge is 0.251 e. The van der Waals surface area contributed by atoms with Crippen molar-refractivity contribution < 1.29 is 38.0 Å². The summed E-state index contributed by atoms with van der Waals surface area (Å²) in [5, 5.41) is 3.10. The summed E-state index contributed by atoms with van der Waals surface area (Å²) in [4.78, 5) is 13.1. The fourth-order valence-corrected chi connectivity index (χ4v) is 5.29. The number of fused-ring (bicyclic) bond motifs is 1. The number of hydrogen-bond acceptors (Lipinski definition) is 2. The van der Waals surface area contributed by atoms with Crippen LogP contribution in [-0.2, 0) is 11.2 Å². The van der Waals surface area contributed by atoms with Gasteiger partial charge in [0, 0.05) is 29.7 Å². The van der Waals surface area contributed by atoms with E-state index in [0.29, 0.717) is 13.0 Å². The van der Waals surface area contributed by atoms with Gasteiger partial charge < -0.3 is 38.5 Å². The highest BCUT2D eigenvalue weighted by Gasteiger charge is 2.24. The van der Waals surface area contributed by atoms with Gasteiger partial charge in [0.25, 0.3) is 5.91 Å². The summed E-state index contributed by atoms with van der Waals surface area (Å²) in [7, 11) is 2.39. The molecular formula is C32H37IN2O2. The Kier molecular flexibility index (Phi) is 9.08. The molecule has 2 aliphatic heterocycles. The molecule has 3 aromatic rings. The molecule has 4 nitrogen and oxygen atoms in total. The molecule has 1 N–H and O–H groups in total. The van der Waals surface area contributed by atoms with Gasteiger partial charge in [-0.3, -0.25) is 4.79 Å². The number of rotatable bonds is 6. The summed E-state index contributed by atoms with van der Waals surface area (Å²) in [5.74, 6) is 0.759. The molecule has 194 valence electrons. The minimum absolute atomic E-state index is 0. The van der Waals surface area contributed by atoms with Crippen molar-refractivity contribution >= 4 is 17.7 Å². The number of ether oxygens (including phenoxy) is 1. The van der Waals surface area contributed by atoms with Crippen LogP contribution in [-0.4, -0.2) is 43.7 Å². The summed E-state index contributed by atoms with van der Waals surface area (Å²) < 4.78 is 7.14. The van der Waals surface area contributed by atoms with Gasteiger partial charge in [-0.15, -0.1) is 0 Å². The SMILES string of the molecule is Cc1ccc(-c2ccc3c(c2)C=C(C(=O)Nc2ccc(CC[N+]4(C)CCCCC4)cc2)CCO3)cc1.[I-]. The monoisotopic (exact) mass is 608 g/mol. The number of nitrogens with one attached hydrogen (secondary N) is 1. The van der Waals surface area contributed by atoms with Crippen molar-refractivity contribution in [3.05, 3.63) is 89.0 Å². The molecule has 1 fully saturated rings. The number of benzene rings is 3. The maximum atomic E-state index is 13.1. The van der Waals surface area contributed by atoms with Crippen LogP contribution < -0.4 is 34.0 Å². The maximum absolute atomic E-state index is 13.1. The Labute approximate surface area is 238 Å². The number of carbonyl (C=O) groups excluding carboxylic acids is 1. The number of quaternary nitrogens is 1. The molecule has 1 amide bonds. The predicted molar refractivity (Wildman–Crippen MR) is 148 cm³/mol. The van der Waals surface area contributed by atoms with Crippen molar-refractivity contribution in [1.29, 1.82) is 0 Å². The van der Waals surface area contributed by atoms with Crippen LogP contribution in [0.4, 0.5) is 5.69 Å². The highest BCUT2D eigenvalue weighted by Crippen LogP contribution is 2.31. The van der Waals surface area contributed by atoms with E-state index in [2.05, 4.69) is 67.8 Å². The van der Waals surface area contributed by atoms with Gasteiger partial charge in [-0.2, -0.15) is 0 Å². The first kappa shape index (κ1) is 27.4. The first-order chi connectivity index (χ1) is 17.5. The lowest BCUT2D eigenvalue weighted by Crippen LogP contribution is -3.00. The average molecular weight is 609 g/mol. The molecule has 0 bridgehead atoms. The van der Waals surface area contributed by atoms with Crippen LogP contribution in [0.3, 0.4) is 0 Å². The van der Waals surface area contributed by atoms with E-state index in [-0.39, 0.29) is 29.9 Å². The number of amides is 1. The van der Waals surface area contributed by atoms with Crippen molar-refractivity contribution in [3.63, 3.8) is 0 Å². The zero-order valence-corrected chi connectivity index (χ0v) is 24.1. The second kappa shape index (κ2) is 12.3. The zero-order chi connectivity index (χ0) is 25.0. The fraction of sp³-hybridized carbons (Fsp3) is 0.344. The third-order valence-corrected chi connectivity index (χ3v) is 7.69. The van der Waals surface area contributed by atoms with E-state index in [1.807, 2.05) is 24.3 Å². The minimum Gasteiger partial charge on any atom is -1.00 e. The Morgan fingerprint density at radius 3 is 2.35 bits per heavy atom. The minimum atomic E-state index is -0.0636. The molecule has 0 saturated carbocycles. The third-order valence-electron chi connectivity index (χ3n) is 7.69. The molecule has 0 spiro atoms. The molecular weight excluding hydrogens is 571 g/mol. The van der Waals surface area contributed by atoms with Crippen LogP contribution in [0.25, 0.3) is 17.2 Å². The van der Waals surface area contributed by atoms with Crippen LogP contribution in [0.2, 0.25) is 0 Å². The topological polar surface area (TPSA) is 38.3 Å². The molecule has 0 aliphatic carbocycles. The van der Waals surface area contributed by atoms with Gasteiger partial charge in [-0.1, -0.05) is 48.0 Å². The van der Waals surface area contributed by atoms with E-state index >= 15 is 0 Å². The van der Waals surface area contributed by atoms with E-state index in [4.69, 9.17) is 4.74 Å². The highest BCUT2D eigenvalue weighted by atomic mass is 127. The van der Waals surface area contributed by atoms with Crippen LogP contribution in [0.1, 0.15) is 42.4 Å². The number of likely N-dealkylation sites (tertiary alicyclic amines) is 1. The quantitative estimate of drug-likeness (QED) is 0.343. The first-order valence-corrected chi connectivity index (χ1v) is 13.3.